The Hall–Kier alpha value is -2.06. The van der Waals surface area contributed by atoms with Crippen molar-refractivity contribution in [1.29, 1.82) is 0 Å². The van der Waals surface area contributed by atoms with Crippen molar-refractivity contribution in [3.8, 4) is 5.75 Å². The van der Waals surface area contributed by atoms with E-state index in [1.54, 1.807) is 6.92 Å². The lowest BCUT2D eigenvalue weighted by molar-refractivity contribution is 0.0526. The van der Waals surface area contributed by atoms with E-state index in [0.29, 0.717) is 0 Å². The molecule has 2 N–H and O–H groups in total. The number of fused-ring (bicyclic) bond motifs is 1. The van der Waals surface area contributed by atoms with Crippen LogP contribution in [0.25, 0.3) is 11.0 Å². The van der Waals surface area contributed by atoms with Crippen molar-refractivity contribution in [1.82, 2.24) is 0 Å². The minimum Gasteiger partial charge on any atom is -0.506 e. The zero-order valence-corrected chi connectivity index (χ0v) is 11.5. The summed E-state index contributed by atoms with van der Waals surface area (Å²) in [6, 6.07) is 2.00. The highest BCUT2D eigenvalue weighted by molar-refractivity contribution is 7.86. The van der Waals surface area contributed by atoms with Crippen molar-refractivity contribution in [3.05, 3.63) is 23.5 Å². The maximum Gasteiger partial charge on any atom is 0.342 e. The number of carbonyl (C=O) groups is 1. The van der Waals surface area contributed by atoms with Crippen LogP contribution in [-0.4, -0.2) is 30.7 Å². The summed E-state index contributed by atoms with van der Waals surface area (Å²) in [5.74, 6) is -1.08. The summed E-state index contributed by atoms with van der Waals surface area (Å²) >= 11 is 0. The van der Waals surface area contributed by atoms with Gasteiger partial charge in [0.1, 0.15) is 27.6 Å². The zero-order chi connectivity index (χ0) is 15.1. The molecule has 7 nitrogen and oxygen atoms in total. The van der Waals surface area contributed by atoms with Crippen molar-refractivity contribution >= 4 is 27.1 Å². The van der Waals surface area contributed by atoms with Crippen molar-refractivity contribution in [3.63, 3.8) is 0 Å². The molecule has 108 valence electrons. The number of esters is 1. The molecule has 0 spiro atoms. The smallest absolute Gasteiger partial charge is 0.342 e. The first-order valence-corrected chi connectivity index (χ1v) is 7.10. The molecule has 0 saturated heterocycles. The van der Waals surface area contributed by atoms with Gasteiger partial charge in [-0.05, 0) is 19.9 Å². The molecule has 0 fully saturated rings. The molecule has 0 amide bonds. The molecule has 0 saturated carbocycles. The lowest BCUT2D eigenvalue weighted by Crippen LogP contribution is -2.05. The van der Waals surface area contributed by atoms with Crippen molar-refractivity contribution in [2.45, 2.75) is 18.7 Å². The fourth-order valence-electron chi connectivity index (χ4n) is 1.90. The molecule has 0 atom stereocenters. The maximum atomic E-state index is 11.8. The van der Waals surface area contributed by atoms with E-state index in [4.69, 9.17) is 13.7 Å². The Morgan fingerprint density at radius 1 is 1.40 bits per heavy atom. The highest BCUT2D eigenvalue weighted by Crippen LogP contribution is 2.33. The third kappa shape index (κ3) is 2.35. The number of aromatic hydroxyl groups is 1. The van der Waals surface area contributed by atoms with Crippen molar-refractivity contribution < 1.29 is 32.0 Å². The quantitative estimate of drug-likeness (QED) is 0.656. The van der Waals surface area contributed by atoms with Crippen LogP contribution in [0, 0.1) is 6.92 Å². The van der Waals surface area contributed by atoms with Crippen LogP contribution in [0.4, 0.5) is 0 Å². The number of furan rings is 1. The zero-order valence-electron chi connectivity index (χ0n) is 10.7. The Kier molecular flexibility index (Phi) is 3.45. The van der Waals surface area contributed by atoms with E-state index in [-0.39, 0.29) is 28.9 Å². The number of phenols is 1. The second kappa shape index (κ2) is 4.80. The molecule has 0 unspecified atom stereocenters. The summed E-state index contributed by atoms with van der Waals surface area (Å²) < 4.78 is 41.3. The third-order valence-electron chi connectivity index (χ3n) is 2.70. The SMILES string of the molecule is CCOC(=O)c1c(C)oc2cc(S(=O)(=O)O)c(O)cc12. The summed E-state index contributed by atoms with van der Waals surface area (Å²) in [5.41, 5.74) is 0.162. The first-order valence-electron chi connectivity index (χ1n) is 5.66. The molecule has 0 aliphatic carbocycles. The van der Waals surface area contributed by atoms with E-state index in [1.807, 2.05) is 0 Å². The highest BCUT2D eigenvalue weighted by atomic mass is 32.2. The monoisotopic (exact) mass is 300 g/mol. The van der Waals surface area contributed by atoms with Crippen LogP contribution in [0.3, 0.4) is 0 Å². The van der Waals surface area contributed by atoms with Crippen molar-refractivity contribution in [2.75, 3.05) is 6.61 Å². The summed E-state index contributed by atoms with van der Waals surface area (Å²) in [7, 11) is -4.59. The molecule has 0 aliphatic heterocycles. The number of hydrogen-bond donors (Lipinski definition) is 2. The molecule has 8 heteroatoms. The molecule has 2 rings (SSSR count). The average molecular weight is 300 g/mol. The summed E-state index contributed by atoms with van der Waals surface area (Å²) in [6.07, 6.45) is 0. The van der Waals surface area contributed by atoms with Crippen LogP contribution in [0.5, 0.6) is 5.75 Å². The Bertz CT molecular complexity index is 786. The van der Waals surface area contributed by atoms with Gasteiger partial charge in [-0.15, -0.1) is 0 Å². The van der Waals surface area contributed by atoms with E-state index >= 15 is 0 Å². The van der Waals surface area contributed by atoms with Crippen LogP contribution >= 0.6 is 0 Å². The molecule has 0 radical (unpaired) electrons. The van der Waals surface area contributed by atoms with Crippen LogP contribution < -0.4 is 0 Å². The molecule has 0 aliphatic rings. The van der Waals surface area contributed by atoms with Gasteiger partial charge in [0, 0.05) is 11.5 Å². The number of rotatable bonds is 3. The number of hydrogen-bond acceptors (Lipinski definition) is 6. The van der Waals surface area contributed by atoms with E-state index in [1.165, 1.54) is 6.92 Å². The Morgan fingerprint density at radius 2 is 2.05 bits per heavy atom. The van der Waals surface area contributed by atoms with E-state index in [2.05, 4.69) is 0 Å². The first-order chi connectivity index (χ1) is 9.25. The fourth-order valence-corrected chi connectivity index (χ4v) is 2.48. The largest absolute Gasteiger partial charge is 0.506 e. The standard InChI is InChI=1S/C12H12O7S/c1-3-18-12(14)11-6(2)19-9-5-10(20(15,16)17)8(13)4-7(9)11/h4-5,13H,3H2,1-2H3,(H,15,16,17). The maximum absolute atomic E-state index is 11.8. The van der Waals surface area contributed by atoms with Crippen molar-refractivity contribution in [2.24, 2.45) is 0 Å². The highest BCUT2D eigenvalue weighted by Gasteiger charge is 2.24. The number of carbonyl (C=O) groups excluding carboxylic acids is 1. The van der Waals surface area contributed by atoms with Gasteiger partial charge in [-0.1, -0.05) is 0 Å². The number of benzene rings is 1. The summed E-state index contributed by atoms with van der Waals surface area (Å²) in [6.45, 7) is 3.32. The average Bonchev–Trinajstić information content (AvgIpc) is 2.62. The van der Waals surface area contributed by atoms with E-state index < -0.39 is 26.7 Å². The van der Waals surface area contributed by atoms with Gasteiger partial charge in [-0.25, -0.2) is 4.79 Å². The predicted octanol–water partition coefficient (Wildman–Crippen LogP) is 1.87. The fraction of sp³-hybridized carbons (Fsp3) is 0.250. The minimum absolute atomic E-state index is 0.0518. The molecule has 0 bridgehead atoms. The number of ether oxygens (including phenoxy) is 1. The second-order valence-corrected chi connectivity index (χ2v) is 5.43. The summed E-state index contributed by atoms with van der Waals surface area (Å²) in [4.78, 5) is 11.1. The minimum atomic E-state index is -4.59. The van der Waals surface area contributed by atoms with Gasteiger partial charge in [0.2, 0.25) is 0 Å². The molecule has 1 aromatic carbocycles. The molecular formula is C12H12O7S. The molecule has 2 aromatic rings. The molecular weight excluding hydrogens is 288 g/mol. The van der Waals surface area contributed by atoms with Gasteiger partial charge in [0.25, 0.3) is 10.1 Å². The number of aryl methyl sites for hydroxylation is 1. The van der Waals surface area contributed by atoms with Gasteiger partial charge < -0.3 is 14.3 Å². The van der Waals surface area contributed by atoms with Gasteiger partial charge in [0.05, 0.1) is 6.61 Å². The normalized spacial score (nSPS) is 11.8. The third-order valence-corrected chi connectivity index (χ3v) is 3.59. The first kappa shape index (κ1) is 14.4. The predicted molar refractivity (Wildman–Crippen MR) is 68.4 cm³/mol. The van der Waals surface area contributed by atoms with Gasteiger partial charge >= 0.3 is 5.97 Å². The lowest BCUT2D eigenvalue weighted by Gasteiger charge is -2.02. The van der Waals surface area contributed by atoms with Crippen LogP contribution in [0.1, 0.15) is 23.0 Å². The number of phenolic OH excluding ortho intramolecular Hbond substituents is 1. The molecule has 20 heavy (non-hydrogen) atoms. The Morgan fingerprint density at radius 3 is 2.60 bits per heavy atom. The van der Waals surface area contributed by atoms with Crippen LogP contribution in [0.2, 0.25) is 0 Å². The van der Waals surface area contributed by atoms with Gasteiger partial charge in [-0.3, -0.25) is 4.55 Å². The second-order valence-electron chi connectivity index (χ2n) is 4.04. The summed E-state index contributed by atoms with van der Waals surface area (Å²) in [5, 5.41) is 9.87. The topological polar surface area (TPSA) is 114 Å². The van der Waals surface area contributed by atoms with Crippen LogP contribution in [0.15, 0.2) is 21.4 Å². The van der Waals surface area contributed by atoms with Gasteiger partial charge in [0.15, 0.2) is 0 Å². The Balaban J connectivity index is 2.74. The molecule has 1 aromatic heterocycles. The van der Waals surface area contributed by atoms with E-state index in [9.17, 15) is 18.3 Å². The Labute approximate surface area is 114 Å². The lowest BCUT2D eigenvalue weighted by atomic mass is 10.1. The van der Waals surface area contributed by atoms with Gasteiger partial charge in [-0.2, -0.15) is 8.42 Å². The molecule has 1 heterocycles. The van der Waals surface area contributed by atoms with E-state index in [0.717, 1.165) is 12.1 Å². The van der Waals surface area contributed by atoms with Crippen LogP contribution in [-0.2, 0) is 14.9 Å².